The van der Waals surface area contributed by atoms with E-state index < -0.39 is 0 Å². The zero-order valence-corrected chi connectivity index (χ0v) is 12.3. The number of benzene rings is 1. The Balaban J connectivity index is 1.87. The Labute approximate surface area is 125 Å². The van der Waals surface area contributed by atoms with Crippen LogP contribution in [0.1, 0.15) is 5.56 Å². The van der Waals surface area contributed by atoms with Crippen LogP contribution in [0.3, 0.4) is 0 Å². The predicted molar refractivity (Wildman–Crippen MR) is 83.1 cm³/mol. The second kappa shape index (κ2) is 5.46. The smallest absolute Gasteiger partial charge is 0.117 e. The molecule has 4 nitrogen and oxygen atoms in total. The molecule has 2 heterocycles. The number of halogens is 1. The molecule has 0 amide bonds. The Morgan fingerprint density at radius 2 is 1.95 bits per heavy atom. The molecule has 3 aromatic rings. The molecule has 100 valence electrons. The third-order valence-electron chi connectivity index (χ3n) is 2.98. The first kappa shape index (κ1) is 12.9. The molecule has 0 atom stereocenters. The second-order valence-corrected chi connectivity index (χ2v) is 5.41. The lowest BCUT2D eigenvalue weighted by molar-refractivity contribution is 0.689. The first-order valence-corrected chi connectivity index (χ1v) is 6.99. The van der Waals surface area contributed by atoms with E-state index in [1.807, 2.05) is 35.1 Å². The summed E-state index contributed by atoms with van der Waals surface area (Å²) < 4.78 is 2.92. The molecule has 3 rings (SSSR count). The Hall–Kier alpha value is -2.14. The van der Waals surface area contributed by atoms with Crippen molar-refractivity contribution in [2.45, 2.75) is 6.54 Å². The fraction of sp³-hybridized carbons (Fsp3) is 0.0667. The van der Waals surface area contributed by atoms with Gasteiger partial charge in [-0.05, 0) is 29.8 Å². The number of hydrogen-bond donors (Lipinski definition) is 1. The van der Waals surface area contributed by atoms with Crippen molar-refractivity contribution >= 4 is 21.6 Å². The number of anilines is 1. The monoisotopic (exact) mass is 328 g/mol. The summed E-state index contributed by atoms with van der Waals surface area (Å²) in [7, 11) is 0. The van der Waals surface area contributed by atoms with Crippen LogP contribution in [0.15, 0.2) is 59.5 Å². The van der Waals surface area contributed by atoms with Gasteiger partial charge in [0.2, 0.25) is 0 Å². The van der Waals surface area contributed by atoms with Gasteiger partial charge in [0.05, 0.1) is 12.2 Å². The van der Waals surface area contributed by atoms with E-state index in [9.17, 15) is 0 Å². The number of nitrogen functional groups attached to an aromatic ring is 1. The van der Waals surface area contributed by atoms with Crippen LogP contribution < -0.4 is 5.73 Å². The van der Waals surface area contributed by atoms with Crippen molar-refractivity contribution in [2.75, 3.05) is 5.73 Å². The van der Waals surface area contributed by atoms with E-state index in [2.05, 4.69) is 38.1 Å². The number of nitrogens with zero attached hydrogens (tertiary/aromatic N) is 3. The van der Waals surface area contributed by atoms with E-state index in [1.54, 1.807) is 12.4 Å². The lowest BCUT2D eigenvalue weighted by Gasteiger charge is -2.02. The van der Waals surface area contributed by atoms with E-state index in [-0.39, 0.29) is 0 Å². The molecule has 0 aliphatic heterocycles. The van der Waals surface area contributed by atoms with Crippen LogP contribution in [-0.4, -0.2) is 14.8 Å². The van der Waals surface area contributed by atoms with Crippen molar-refractivity contribution in [3.63, 3.8) is 0 Å². The molecule has 0 unspecified atom stereocenters. The Morgan fingerprint density at radius 3 is 2.65 bits per heavy atom. The van der Waals surface area contributed by atoms with Crippen LogP contribution >= 0.6 is 15.9 Å². The highest BCUT2D eigenvalue weighted by atomic mass is 79.9. The lowest BCUT2D eigenvalue weighted by atomic mass is 10.2. The van der Waals surface area contributed by atoms with Gasteiger partial charge in [0.1, 0.15) is 5.69 Å². The quantitative estimate of drug-likeness (QED) is 0.802. The molecule has 0 saturated carbocycles. The van der Waals surface area contributed by atoms with Gasteiger partial charge in [-0.15, -0.1) is 0 Å². The van der Waals surface area contributed by atoms with Crippen molar-refractivity contribution in [1.29, 1.82) is 0 Å². The maximum atomic E-state index is 6.03. The summed E-state index contributed by atoms with van der Waals surface area (Å²) in [5.41, 5.74) is 9.57. The molecule has 2 aromatic heterocycles. The highest BCUT2D eigenvalue weighted by Crippen LogP contribution is 2.23. The topological polar surface area (TPSA) is 56.7 Å². The standard InChI is InChI=1S/C15H13BrN4/c16-13-5-3-11(4-6-13)9-20-10-14(17)15(19-20)12-2-1-7-18-8-12/h1-8,10H,9,17H2. The molecule has 0 radical (unpaired) electrons. The van der Waals surface area contributed by atoms with Gasteiger partial charge >= 0.3 is 0 Å². The summed E-state index contributed by atoms with van der Waals surface area (Å²) in [6.45, 7) is 0.692. The maximum absolute atomic E-state index is 6.03. The highest BCUT2D eigenvalue weighted by Gasteiger charge is 2.08. The third-order valence-corrected chi connectivity index (χ3v) is 3.51. The van der Waals surface area contributed by atoms with Gasteiger partial charge < -0.3 is 5.73 Å². The van der Waals surface area contributed by atoms with Crippen molar-refractivity contribution in [1.82, 2.24) is 14.8 Å². The molecule has 0 fully saturated rings. The van der Waals surface area contributed by atoms with Gasteiger partial charge in [0.15, 0.2) is 0 Å². The van der Waals surface area contributed by atoms with Crippen LogP contribution in [0.5, 0.6) is 0 Å². The Morgan fingerprint density at radius 1 is 1.15 bits per heavy atom. The molecule has 20 heavy (non-hydrogen) atoms. The molecule has 2 N–H and O–H groups in total. The van der Waals surface area contributed by atoms with Crippen LogP contribution in [0.2, 0.25) is 0 Å². The summed E-state index contributed by atoms with van der Waals surface area (Å²) in [6, 6.07) is 12.0. The van der Waals surface area contributed by atoms with Crippen molar-refractivity contribution in [3.05, 3.63) is 65.0 Å². The molecule has 0 aliphatic carbocycles. The lowest BCUT2D eigenvalue weighted by Crippen LogP contribution is -2.00. The van der Waals surface area contributed by atoms with Crippen LogP contribution in [0.4, 0.5) is 5.69 Å². The van der Waals surface area contributed by atoms with Crippen LogP contribution in [0.25, 0.3) is 11.3 Å². The van der Waals surface area contributed by atoms with Crippen molar-refractivity contribution in [3.8, 4) is 11.3 Å². The second-order valence-electron chi connectivity index (χ2n) is 4.50. The number of pyridine rings is 1. The Bertz CT molecular complexity index is 704. The minimum atomic E-state index is 0.662. The minimum absolute atomic E-state index is 0.662. The Kier molecular flexibility index (Phi) is 3.52. The minimum Gasteiger partial charge on any atom is -0.396 e. The van der Waals surface area contributed by atoms with E-state index in [0.29, 0.717) is 12.2 Å². The van der Waals surface area contributed by atoms with E-state index in [0.717, 1.165) is 15.7 Å². The van der Waals surface area contributed by atoms with Gasteiger partial charge in [-0.25, -0.2) is 0 Å². The fourth-order valence-corrected chi connectivity index (χ4v) is 2.29. The average Bonchev–Trinajstić information content (AvgIpc) is 2.83. The highest BCUT2D eigenvalue weighted by molar-refractivity contribution is 9.10. The van der Waals surface area contributed by atoms with Gasteiger partial charge in [0.25, 0.3) is 0 Å². The number of hydrogen-bond acceptors (Lipinski definition) is 3. The summed E-state index contributed by atoms with van der Waals surface area (Å²) in [6.07, 6.45) is 5.35. The van der Waals surface area contributed by atoms with Gasteiger partial charge in [0, 0.05) is 28.6 Å². The molecular weight excluding hydrogens is 316 g/mol. The first-order valence-electron chi connectivity index (χ1n) is 6.20. The number of aromatic nitrogens is 3. The van der Waals surface area contributed by atoms with Gasteiger partial charge in [-0.2, -0.15) is 5.10 Å². The average molecular weight is 329 g/mol. The first-order chi connectivity index (χ1) is 9.72. The molecule has 0 bridgehead atoms. The molecular formula is C15H13BrN4. The van der Waals surface area contributed by atoms with Gasteiger partial charge in [-0.3, -0.25) is 9.67 Å². The van der Waals surface area contributed by atoms with Crippen molar-refractivity contribution < 1.29 is 0 Å². The summed E-state index contributed by atoms with van der Waals surface area (Å²) in [4.78, 5) is 4.10. The molecule has 0 saturated heterocycles. The van der Waals surface area contributed by atoms with Crippen molar-refractivity contribution in [2.24, 2.45) is 0 Å². The predicted octanol–water partition coefficient (Wildman–Crippen LogP) is 3.34. The number of rotatable bonds is 3. The SMILES string of the molecule is Nc1cn(Cc2ccc(Br)cc2)nc1-c1cccnc1. The fourth-order valence-electron chi connectivity index (χ4n) is 2.02. The van der Waals surface area contributed by atoms with Crippen LogP contribution in [-0.2, 0) is 6.54 Å². The summed E-state index contributed by atoms with van der Waals surface area (Å²) in [5.74, 6) is 0. The van der Waals surface area contributed by atoms with Gasteiger partial charge in [-0.1, -0.05) is 28.1 Å². The van der Waals surface area contributed by atoms with E-state index in [1.165, 1.54) is 5.56 Å². The third kappa shape index (κ3) is 2.72. The number of nitrogens with two attached hydrogens (primary N) is 1. The zero-order valence-electron chi connectivity index (χ0n) is 10.7. The maximum Gasteiger partial charge on any atom is 0.117 e. The van der Waals surface area contributed by atoms with Crippen LogP contribution in [0, 0.1) is 0 Å². The largest absolute Gasteiger partial charge is 0.396 e. The molecule has 5 heteroatoms. The molecule has 1 aromatic carbocycles. The summed E-state index contributed by atoms with van der Waals surface area (Å²) >= 11 is 3.43. The molecule has 0 aliphatic rings. The normalized spacial score (nSPS) is 10.7. The van der Waals surface area contributed by atoms with E-state index in [4.69, 9.17) is 5.73 Å². The summed E-state index contributed by atoms with van der Waals surface area (Å²) in [5, 5.41) is 4.54. The zero-order chi connectivity index (χ0) is 13.9. The molecule has 0 spiro atoms. The van der Waals surface area contributed by atoms with E-state index >= 15 is 0 Å².